The van der Waals surface area contributed by atoms with Gasteiger partial charge in [-0.15, -0.1) is 0 Å². The van der Waals surface area contributed by atoms with Crippen molar-refractivity contribution in [2.24, 2.45) is 0 Å². The molecule has 74 valence electrons. The summed E-state index contributed by atoms with van der Waals surface area (Å²) >= 11 is 3.26. The Morgan fingerprint density at radius 1 is 1.43 bits per heavy atom. The van der Waals surface area contributed by atoms with E-state index in [-0.39, 0.29) is 5.03 Å². The van der Waals surface area contributed by atoms with Crippen LogP contribution in [-0.2, 0) is 9.05 Å². The van der Waals surface area contributed by atoms with Crippen LogP contribution in [-0.4, -0.2) is 18.6 Å². The molecule has 14 heavy (non-hydrogen) atoms. The third kappa shape index (κ3) is 1.53. The highest BCUT2D eigenvalue weighted by atomic mass is 79.9. The number of nitrogens with zero attached hydrogens (tertiary/aromatic N) is 1. The van der Waals surface area contributed by atoms with E-state index >= 15 is 0 Å². The first kappa shape index (κ1) is 9.95. The minimum Gasteiger partial charge on any atom is -0.265 e. The molecule has 1 aromatic heterocycles. The number of aromatic amines is 1. The van der Waals surface area contributed by atoms with Crippen LogP contribution in [0.5, 0.6) is 0 Å². The van der Waals surface area contributed by atoms with Gasteiger partial charge in [-0.2, -0.15) is 5.10 Å². The van der Waals surface area contributed by atoms with Crippen molar-refractivity contribution in [1.29, 1.82) is 0 Å². The molecule has 0 atom stereocenters. The first-order valence-corrected chi connectivity index (χ1v) is 6.67. The second-order valence-electron chi connectivity index (χ2n) is 2.63. The molecule has 0 aliphatic rings. The van der Waals surface area contributed by atoms with Crippen LogP contribution in [0.15, 0.2) is 27.7 Å². The molecule has 7 heteroatoms. The monoisotopic (exact) mass is 294 g/mol. The van der Waals surface area contributed by atoms with Gasteiger partial charge in [0, 0.05) is 20.5 Å². The number of rotatable bonds is 1. The van der Waals surface area contributed by atoms with Crippen molar-refractivity contribution in [3.05, 3.63) is 22.7 Å². The van der Waals surface area contributed by atoms with E-state index in [1.54, 1.807) is 18.2 Å². The van der Waals surface area contributed by atoms with Gasteiger partial charge in [0.2, 0.25) is 0 Å². The van der Waals surface area contributed by atoms with Gasteiger partial charge in [-0.1, -0.05) is 6.07 Å². The van der Waals surface area contributed by atoms with Gasteiger partial charge in [0.1, 0.15) is 5.52 Å². The summed E-state index contributed by atoms with van der Waals surface area (Å²) in [5.74, 6) is 0. The zero-order chi connectivity index (χ0) is 10.3. The van der Waals surface area contributed by atoms with Crippen molar-refractivity contribution in [1.82, 2.24) is 10.2 Å². The molecule has 0 bridgehead atoms. The molecule has 0 saturated carbocycles. The second-order valence-corrected chi connectivity index (χ2v) is 5.98. The van der Waals surface area contributed by atoms with Crippen molar-refractivity contribution < 1.29 is 8.42 Å². The standard InChI is InChI=1S/C7H4BrClN2O2S/c8-5-3-1-2-4-6(5)10-11-7(4)14(9,12)13/h1-3H,(H,10,11). The van der Waals surface area contributed by atoms with Crippen molar-refractivity contribution in [2.45, 2.75) is 5.03 Å². The van der Waals surface area contributed by atoms with Gasteiger partial charge in [0.25, 0.3) is 9.05 Å². The Labute approximate surface area is 92.8 Å². The summed E-state index contributed by atoms with van der Waals surface area (Å²) in [5, 5.41) is 6.65. The highest BCUT2D eigenvalue weighted by Crippen LogP contribution is 2.27. The zero-order valence-electron chi connectivity index (χ0n) is 6.66. The second kappa shape index (κ2) is 3.22. The van der Waals surface area contributed by atoms with E-state index in [1.807, 2.05) is 0 Å². The molecule has 0 radical (unpaired) electrons. The number of hydrogen-bond donors (Lipinski definition) is 1. The summed E-state index contributed by atoms with van der Waals surface area (Å²) in [6.07, 6.45) is 0. The summed E-state index contributed by atoms with van der Waals surface area (Å²) < 4.78 is 22.9. The Morgan fingerprint density at radius 2 is 2.14 bits per heavy atom. The Balaban J connectivity index is 2.90. The molecule has 0 aliphatic carbocycles. The zero-order valence-corrected chi connectivity index (χ0v) is 9.82. The van der Waals surface area contributed by atoms with Crippen LogP contribution >= 0.6 is 26.6 Å². The fraction of sp³-hybridized carbons (Fsp3) is 0. The fourth-order valence-corrected chi connectivity index (χ4v) is 2.55. The predicted molar refractivity (Wildman–Crippen MR) is 56.8 cm³/mol. The predicted octanol–water partition coefficient (Wildman–Crippen LogP) is 2.25. The largest absolute Gasteiger partial charge is 0.278 e. The van der Waals surface area contributed by atoms with Crippen molar-refractivity contribution >= 4 is 46.6 Å². The number of fused-ring (bicyclic) bond motifs is 1. The van der Waals surface area contributed by atoms with Crippen LogP contribution in [0, 0.1) is 0 Å². The summed E-state index contributed by atoms with van der Waals surface area (Å²) in [5.41, 5.74) is 0.548. The van der Waals surface area contributed by atoms with Crippen molar-refractivity contribution in [2.75, 3.05) is 0 Å². The molecule has 0 amide bonds. The molecule has 2 aromatic rings. The minimum absolute atomic E-state index is 0.0736. The van der Waals surface area contributed by atoms with Gasteiger partial charge in [0.15, 0.2) is 5.03 Å². The van der Waals surface area contributed by atoms with E-state index in [9.17, 15) is 8.42 Å². The maximum absolute atomic E-state index is 11.1. The molecule has 1 heterocycles. The summed E-state index contributed by atoms with van der Waals surface area (Å²) in [6.45, 7) is 0. The number of halogens is 2. The van der Waals surface area contributed by atoms with Gasteiger partial charge in [-0.3, -0.25) is 5.10 Å². The lowest BCUT2D eigenvalue weighted by molar-refractivity contribution is 0.606. The van der Waals surface area contributed by atoms with Crippen molar-refractivity contribution in [3.8, 4) is 0 Å². The molecular weight excluding hydrogens is 292 g/mol. The molecule has 4 nitrogen and oxygen atoms in total. The number of para-hydroxylation sites is 1. The van der Waals surface area contributed by atoms with Crippen LogP contribution in [0.4, 0.5) is 0 Å². The van der Waals surface area contributed by atoms with E-state index in [4.69, 9.17) is 10.7 Å². The third-order valence-corrected chi connectivity index (χ3v) is 3.65. The van der Waals surface area contributed by atoms with Gasteiger partial charge < -0.3 is 0 Å². The summed E-state index contributed by atoms with van der Waals surface area (Å²) in [7, 11) is 1.45. The highest BCUT2D eigenvalue weighted by molar-refractivity contribution is 9.10. The molecular formula is C7H4BrClN2O2S. The lowest BCUT2D eigenvalue weighted by atomic mass is 10.3. The van der Waals surface area contributed by atoms with E-state index < -0.39 is 9.05 Å². The highest BCUT2D eigenvalue weighted by Gasteiger charge is 2.17. The van der Waals surface area contributed by atoms with Gasteiger partial charge in [-0.05, 0) is 28.1 Å². The van der Waals surface area contributed by atoms with Crippen molar-refractivity contribution in [3.63, 3.8) is 0 Å². The molecule has 0 fully saturated rings. The molecule has 1 N–H and O–H groups in total. The number of hydrogen-bond acceptors (Lipinski definition) is 3. The Kier molecular flexibility index (Phi) is 2.29. The quantitative estimate of drug-likeness (QED) is 0.821. The number of benzene rings is 1. The first-order valence-electron chi connectivity index (χ1n) is 3.57. The van der Waals surface area contributed by atoms with E-state index in [1.165, 1.54) is 0 Å². The molecule has 1 aromatic carbocycles. The van der Waals surface area contributed by atoms with Crippen LogP contribution in [0.25, 0.3) is 10.9 Å². The lowest BCUT2D eigenvalue weighted by Crippen LogP contribution is -1.90. The smallest absolute Gasteiger partial charge is 0.265 e. The minimum atomic E-state index is -3.77. The average molecular weight is 296 g/mol. The molecule has 0 unspecified atom stereocenters. The molecule has 0 spiro atoms. The van der Waals surface area contributed by atoms with E-state index in [2.05, 4.69) is 26.1 Å². The van der Waals surface area contributed by atoms with E-state index in [0.29, 0.717) is 10.9 Å². The fourth-order valence-electron chi connectivity index (χ4n) is 1.16. The van der Waals surface area contributed by atoms with Crippen LogP contribution in [0.2, 0.25) is 0 Å². The Bertz CT molecular complexity index is 593. The Morgan fingerprint density at radius 3 is 2.79 bits per heavy atom. The number of nitrogens with one attached hydrogen (secondary N) is 1. The van der Waals surface area contributed by atoms with Gasteiger partial charge in [-0.25, -0.2) is 8.42 Å². The van der Waals surface area contributed by atoms with Crippen LogP contribution < -0.4 is 0 Å². The van der Waals surface area contributed by atoms with Gasteiger partial charge in [0.05, 0.1) is 0 Å². The molecule has 0 aliphatic heterocycles. The van der Waals surface area contributed by atoms with Crippen LogP contribution in [0.1, 0.15) is 0 Å². The van der Waals surface area contributed by atoms with Crippen LogP contribution in [0.3, 0.4) is 0 Å². The Hall–Kier alpha value is -0.590. The first-order chi connectivity index (χ1) is 6.50. The van der Waals surface area contributed by atoms with E-state index in [0.717, 1.165) is 4.47 Å². The maximum atomic E-state index is 11.1. The normalized spacial score (nSPS) is 12.1. The average Bonchev–Trinajstić information content (AvgIpc) is 2.47. The summed E-state index contributed by atoms with van der Waals surface area (Å²) in [4.78, 5) is 0. The molecule has 2 rings (SSSR count). The maximum Gasteiger partial charge on any atom is 0.278 e. The lowest BCUT2D eigenvalue weighted by Gasteiger charge is -1.92. The topological polar surface area (TPSA) is 62.8 Å². The summed E-state index contributed by atoms with van der Waals surface area (Å²) in [6, 6.07) is 5.13. The number of H-pyrrole nitrogens is 1. The number of aromatic nitrogens is 2. The van der Waals surface area contributed by atoms with Gasteiger partial charge >= 0.3 is 0 Å². The third-order valence-electron chi connectivity index (χ3n) is 1.74. The molecule has 0 saturated heterocycles. The SMILES string of the molecule is O=S(=O)(Cl)c1[nH]nc2c(Br)cccc12.